The van der Waals surface area contributed by atoms with Crippen molar-refractivity contribution < 1.29 is 17.9 Å². The van der Waals surface area contributed by atoms with Crippen LogP contribution in [0, 0.1) is 0 Å². The standard InChI is InChI=1S/C13H11F3N2O/c14-13(15,16)12(9-5-7-18-8-6-9)19-11-4-2-1-3-10(11)17/h1-8,12H,17H2. The molecule has 0 spiro atoms. The molecule has 1 aromatic carbocycles. The Hall–Kier alpha value is -2.24. The van der Waals surface area contributed by atoms with Gasteiger partial charge in [0, 0.05) is 18.0 Å². The fourth-order valence-corrected chi connectivity index (χ4v) is 1.58. The van der Waals surface area contributed by atoms with E-state index in [9.17, 15) is 13.2 Å². The quantitative estimate of drug-likeness (QED) is 0.868. The number of nitrogens with zero attached hydrogens (tertiary/aromatic N) is 1. The molecule has 2 rings (SSSR count). The minimum atomic E-state index is -4.54. The Bertz CT molecular complexity index is 543. The van der Waals surface area contributed by atoms with Crippen molar-refractivity contribution in [3.05, 3.63) is 54.4 Å². The summed E-state index contributed by atoms with van der Waals surface area (Å²) in [5.74, 6) is 0.00152. The Morgan fingerprint density at radius 3 is 2.26 bits per heavy atom. The van der Waals surface area contributed by atoms with Crippen LogP contribution < -0.4 is 10.5 Å². The summed E-state index contributed by atoms with van der Waals surface area (Å²) >= 11 is 0. The van der Waals surface area contributed by atoms with E-state index in [2.05, 4.69) is 4.98 Å². The number of hydrogen-bond acceptors (Lipinski definition) is 3. The van der Waals surface area contributed by atoms with Gasteiger partial charge in [0.2, 0.25) is 6.10 Å². The van der Waals surface area contributed by atoms with E-state index in [0.717, 1.165) is 0 Å². The number of para-hydroxylation sites is 2. The van der Waals surface area contributed by atoms with Gasteiger partial charge in [-0.2, -0.15) is 13.2 Å². The predicted molar refractivity (Wildman–Crippen MR) is 64.5 cm³/mol. The predicted octanol–water partition coefficient (Wildman–Crippen LogP) is 3.35. The van der Waals surface area contributed by atoms with E-state index in [1.54, 1.807) is 12.1 Å². The molecule has 6 heteroatoms. The van der Waals surface area contributed by atoms with Gasteiger partial charge in [-0.15, -0.1) is 0 Å². The third-order valence-electron chi connectivity index (χ3n) is 2.47. The number of alkyl halides is 3. The summed E-state index contributed by atoms with van der Waals surface area (Å²) in [7, 11) is 0. The molecule has 0 bridgehead atoms. The molecule has 1 atom stereocenters. The number of halogens is 3. The zero-order chi connectivity index (χ0) is 13.9. The van der Waals surface area contributed by atoms with Gasteiger partial charge in [-0.25, -0.2) is 0 Å². The SMILES string of the molecule is Nc1ccccc1OC(c1ccncc1)C(F)(F)F. The normalized spacial score (nSPS) is 13.0. The van der Waals surface area contributed by atoms with Gasteiger partial charge in [0.1, 0.15) is 5.75 Å². The second-order valence-electron chi connectivity index (χ2n) is 3.86. The van der Waals surface area contributed by atoms with E-state index < -0.39 is 12.3 Å². The van der Waals surface area contributed by atoms with Crippen LogP contribution >= 0.6 is 0 Å². The van der Waals surface area contributed by atoms with E-state index >= 15 is 0 Å². The van der Waals surface area contributed by atoms with Gasteiger partial charge in [-0.3, -0.25) is 4.98 Å². The lowest BCUT2D eigenvalue weighted by molar-refractivity contribution is -0.197. The van der Waals surface area contributed by atoms with E-state index in [0.29, 0.717) is 0 Å². The molecule has 0 aliphatic carbocycles. The third kappa shape index (κ3) is 3.15. The third-order valence-corrected chi connectivity index (χ3v) is 2.47. The topological polar surface area (TPSA) is 48.1 Å². The monoisotopic (exact) mass is 268 g/mol. The van der Waals surface area contributed by atoms with Gasteiger partial charge in [0.15, 0.2) is 0 Å². The molecule has 0 fully saturated rings. The second kappa shape index (κ2) is 5.17. The Morgan fingerprint density at radius 1 is 1.05 bits per heavy atom. The first-order chi connectivity index (χ1) is 8.98. The molecular formula is C13H11F3N2O. The van der Waals surface area contributed by atoms with Crippen LogP contribution in [0.2, 0.25) is 0 Å². The van der Waals surface area contributed by atoms with Gasteiger partial charge < -0.3 is 10.5 Å². The average molecular weight is 268 g/mol. The molecule has 2 N–H and O–H groups in total. The Morgan fingerprint density at radius 2 is 1.68 bits per heavy atom. The van der Waals surface area contributed by atoms with Crippen molar-refractivity contribution in [3.63, 3.8) is 0 Å². The molecular weight excluding hydrogens is 257 g/mol. The van der Waals surface area contributed by atoms with Crippen LogP contribution in [0.5, 0.6) is 5.75 Å². The van der Waals surface area contributed by atoms with Gasteiger partial charge in [0.25, 0.3) is 0 Å². The molecule has 0 saturated carbocycles. The van der Waals surface area contributed by atoms with Crippen molar-refractivity contribution in [2.75, 3.05) is 5.73 Å². The van der Waals surface area contributed by atoms with Gasteiger partial charge in [-0.05, 0) is 24.3 Å². The number of pyridine rings is 1. The molecule has 0 saturated heterocycles. The molecule has 0 radical (unpaired) electrons. The largest absolute Gasteiger partial charge is 0.474 e. The smallest absolute Gasteiger partial charge is 0.429 e. The van der Waals surface area contributed by atoms with Crippen LogP contribution in [0.25, 0.3) is 0 Å². The zero-order valence-electron chi connectivity index (χ0n) is 9.76. The lowest BCUT2D eigenvalue weighted by atomic mass is 10.1. The minimum Gasteiger partial charge on any atom is -0.474 e. The molecule has 3 nitrogen and oxygen atoms in total. The maximum atomic E-state index is 13.0. The second-order valence-corrected chi connectivity index (χ2v) is 3.86. The summed E-state index contributed by atoms with van der Waals surface area (Å²) in [5.41, 5.74) is 5.72. The molecule has 1 unspecified atom stereocenters. The van der Waals surface area contributed by atoms with E-state index in [4.69, 9.17) is 10.5 Å². The minimum absolute atomic E-state index is 0.00152. The Balaban J connectivity index is 2.33. The maximum Gasteiger partial charge on any atom is 0.429 e. The highest BCUT2D eigenvalue weighted by Gasteiger charge is 2.43. The van der Waals surface area contributed by atoms with E-state index in [1.807, 2.05) is 0 Å². The first-order valence-electron chi connectivity index (χ1n) is 5.46. The lowest BCUT2D eigenvalue weighted by Crippen LogP contribution is -2.26. The van der Waals surface area contributed by atoms with Crippen molar-refractivity contribution in [2.24, 2.45) is 0 Å². The number of aromatic nitrogens is 1. The fraction of sp³-hybridized carbons (Fsp3) is 0.154. The van der Waals surface area contributed by atoms with Crippen LogP contribution in [-0.2, 0) is 0 Å². The number of benzene rings is 1. The van der Waals surface area contributed by atoms with Crippen molar-refractivity contribution >= 4 is 5.69 Å². The number of anilines is 1. The number of hydrogen-bond donors (Lipinski definition) is 1. The first kappa shape index (κ1) is 13.2. The number of nitrogen functional groups attached to an aromatic ring is 1. The highest BCUT2D eigenvalue weighted by atomic mass is 19.4. The summed E-state index contributed by atoms with van der Waals surface area (Å²) in [4.78, 5) is 3.69. The molecule has 100 valence electrons. The van der Waals surface area contributed by atoms with Crippen LogP contribution in [0.4, 0.5) is 18.9 Å². The van der Waals surface area contributed by atoms with Crippen molar-refractivity contribution in [1.29, 1.82) is 0 Å². The Kier molecular flexibility index (Phi) is 3.59. The molecule has 0 amide bonds. The van der Waals surface area contributed by atoms with Crippen molar-refractivity contribution in [2.45, 2.75) is 12.3 Å². The molecule has 2 aromatic rings. The van der Waals surface area contributed by atoms with Gasteiger partial charge in [-0.1, -0.05) is 12.1 Å². The van der Waals surface area contributed by atoms with Crippen LogP contribution in [0.15, 0.2) is 48.8 Å². The number of nitrogens with two attached hydrogens (primary N) is 1. The van der Waals surface area contributed by atoms with E-state index in [-0.39, 0.29) is 17.0 Å². The summed E-state index contributed by atoms with van der Waals surface area (Å²) < 4.78 is 44.1. The number of ether oxygens (including phenoxy) is 1. The van der Waals surface area contributed by atoms with Gasteiger partial charge in [0.05, 0.1) is 5.69 Å². The summed E-state index contributed by atoms with van der Waals surface area (Å²) in [6, 6.07) is 8.59. The first-order valence-corrected chi connectivity index (χ1v) is 5.46. The maximum absolute atomic E-state index is 13.0. The zero-order valence-corrected chi connectivity index (χ0v) is 9.76. The number of rotatable bonds is 3. The van der Waals surface area contributed by atoms with E-state index in [1.165, 1.54) is 36.7 Å². The highest BCUT2D eigenvalue weighted by molar-refractivity contribution is 5.52. The lowest BCUT2D eigenvalue weighted by Gasteiger charge is -2.22. The molecule has 1 aromatic heterocycles. The molecule has 1 heterocycles. The van der Waals surface area contributed by atoms with Crippen LogP contribution in [0.1, 0.15) is 11.7 Å². The fourth-order valence-electron chi connectivity index (χ4n) is 1.58. The Labute approximate surface area is 107 Å². The van der Waals surface area contributed by atoms with Crippen LogP contribution in [0.3, 0.4) is 0 Å². The molecule has 19 heavy (non-hydrogen) atoms. The summed E-state index contributed by atoms with van der Waals surface area (Å²) in [6.07, 6.45) is -4.04. The molecule has 0 aliphatic heterocycles. The van der Waals surface area contributed by atoms with Gasteiger partial charge >= 0.3 is 6.18 Å². The molecule has 0 aliphatic rings. The average Bonchev–Trinajstić information content (AvgIpc) is 2.37. The van der Waals surface area contributed by atoms with Crippen LogP contribution in [-0.4, -0.2) is 11.2 Å². The highest BCUT2D eigenvalue weighted by Crippen LogP contribution is 2.37. The van der Waals surface area contributed by atoms with Crippen molar-refractivity contribution in [1.82, 2.24) is 4.98 Å². The summed E-state index contributed by atoms with van der Waals surface area (Å²) in [6.45, 7) is 0. The summed E-state index contributed by atoms with van der Waals surface area (Å²) in [5, 5.41) is 0. The van der Waals surface area contributed by atoms with Crippen molar-refractivity contribution in [3.8, 4) is 5.75 Å².